The van der Waals surface area contributed by atoms with Gasteiger partial charge < -0.3 is 15.0 Å². The van der Waals surface area contributed by atoms with Crippen LogP contribution in [-0.4, -0.2) is 60.4 Å². The second kappa shape index (κ2) is 11.1. The zero-order valence-corrected chi connectivity index (χ0v) is 25.3. The first-order valence-corrected chi connectivity index (χ1v) is 15.5. The quantitative estimate of drug-likeness (QED) is 0.303. The van der Waals surface area contributed by atoms with Gasteiger partial charge in [-0.25, -0.2) is 14.2 Å². The van der Waals surface area contributed by atoms with Gasteiger partial charge in [0.1, 0.15) is 16.1 Å². The Morgan fingerprint density at radius 1 is 1.24 bits per heavy atom. The van der Waals surface area contributed by atoms with Crippen LogP contribution in [0.5, 0.6) is 0 Å². The van der Waals surface area contributed by atoms with Gasteiger partial charge in [0, 0.05) is 49.6 Å². The van der Waals surface area contributed by atoms with Crippen molar-refractivity contribution < 1.29 is 13.7 Å². The van der Waals surface area contributed by atoms with Crippen LogP contribution in [0.25, 0.3) is 10.9 Å². The van der Waals surface area contributed by atoms with Gasteiger partial charge in [0.25, 0.3) is 11.5 Å². The average molecular weight is 611 g/mol. The molecule has 220 valence electrons. The molecule has 42 heavy (non-hydrogen) atoms. The van der Waals surface area contributed by atoms with Crippen molar-refractivity contribution in [1.29, 1.82) is 0 Å². The number of carbonyl (C=O) groups is 1. The summed E-state index contributed by atoms with van der Waals surface area (Å²) in [5, 5.41) is 8.59. The molecule has 2 aliphatic heterocycles. The molecule has 2 N–H and O–H groups in total. The molecule has 1 aromatic carbocycles. The van der Waals surface area contributed by atoms with Gasteiger partial charge in [-0.15, -0.1) is 0 Å². The number of benzene rings is 1. The smallest absolute Gasteiger partial charge is 0.283 e. The van der Waals surface area contributed by atoms with Crippen LogP contribution in [-0.2, 0) is 35.7 Å². The van der Waals surface area contributed by atoms with Crippen LogP contribution in [0.3, 0.4) is 0 Å². The first-order chi connectivity index (χ1) is 20.1. The summed E-state index contributed by atoms with van der Waals surface area (Å²) in [7, 11) is 0.173. The Morgan fingerprint density at radius 2 is 2.02 bits per heavy atom. The van der Waals surface area contributed by atoms with Crippen molar-refractivity contribution in [1.82, 2.24) is 29.0 Å². The number of hydrogen-bond donors (Lipinski definition) is 2. The van der Waals surface area contributed by atoms with Crippen LogP contribution in [0.2, 0.25) is 5.15 Å². The summed E-state index contributed by atoms with van der Waals surface area (Å²) in [5.74, 6) is -0.0390. The molecule has 0 aliphatic carbocycles. The number of aryl methyl sites for hydroxylation is 1. The summed E-state index contributed by atoms with van der Waals surface area (Å²) in [6, 6.07) is 6.97. The van der Waals surface area contributed by atoms with Crippen molar-refractivity contribution >= 4 is 51.0 Å². The monoisotopic (exact) mass is 610 g/mol. The number of nitrogens with zero attached hydrogens (tertiary/aromatic N) is 6. The minimum absolute atomic E-state index is 0.0178. The second-order valence-corrected chi connectivity index (χ2v) is 12.2. The van der Waals surface area contributed by atoms with Gasteiger partial charge >= 0.3 is 0 Å². The predicted molar refractivity (Wildman–Crippen MR) is 161 cm³/mol. The van der Waals surface area contributed by atoms with Crippen LogP contribution >= 0.6 is 11.6 Å². The standard InChI is InChI=1S/C28H31ClN8O4S/c1-15-9-19(16(2)31-21-5-6-23(29)32-25(21)26(38)34-42(4)40)24-20(10-15)27(39)35(3)28(33-24)36-8-7-22-17(12-36)11-30-37(22)18-13-41-14-18/h5-6,9-11,16,18,31H,7-8,12-14H2,1-4H3,(H,34,38). The second-order valence-electron chi connectivity index (χ2n) is 10.7. The Kier molecular flexibility index (Phi) is 7.50. The van der Waals surface area contributed by atoms with E-state index in [-0.39, 0.29) is 28.5 Å². The minimum atomic E-state index is -1.58. The van der Waals surface area contributed by atoms with Crippen LogP contribution < -0.4 is 20.5 Å². The van der Waals surface area contributed by atoms with Crippen molar-refractivity contribution in [2.45, 2.75) is 38.9 Å². The van der Waals surface area contributed by atoms with Gasteiger partial charge in [-0.05, 0) is 37.6 Å². The van der Waals surface area contributed by atoms with E-state index < -0.39 is 16.9 Å². The number of fused-ring (bicyclic) bond motifs is 2. The molecule has 14 heteroatoms. The molecule has 6 rings (SSSR count). The third-order valence-corrected chi connectivity index (χ3v) is 8.38. The zero-order valence-electron chi connectivity index (χ0n) is 23.7. The van der Waals surface area contributed by atoms with Gasteiger partial charge in [0.15, 0.2) is 5.69 Å². The number of anilines is 2. The number of amides is 1. The minimum Gasteiger partial charge on any atom is -0.377 e. The first-order valence-electron chi connectivity index (χ1n) is 13.6. The summed E-state index contributed by atoms with van der Waals surface area (Å²) >= 11 is 6.07. The molecule has 3 aromatic heterocycles. The first kappa shape index (κ1) is 28.3. The topological polar surface area (TPSA) is 136 Å². The van der Waals surface area contributed by atoms with E-state index in [4.69, 9.17) is 21.3 Å². The molecule has 2 unspecified atom stereocenters. The lowest BCUT2D eigenvalue weighted by molar-refractivity contribution is -0.0299. The van der Waals surface area contributed by atoms with Crippen LogP contribution in [0.15, 0.2) is 35.3 Å². The molecule has 0 spiro atoms. The molecule has 1 amide bonds. The predicted octanol–water partition coefficient (Wildman–Crippen LogP) is 2.82. The van der Waals surface area contributed by atoms with Crippen molar-refractivity contribution in [2.24, 2.45) is 7.05 Å². The fourth-order valence-electron chi connectivity index (χ4n) is 5.57. The largest absolute Gasteiger partial charge is 0.377 e. The van der Waals surface area contributed by atoms with Gasteiger partial charge in [-0.1, -0.05) is 17.7 Å². The van der Waals surface area contributed by atoms with Crippen molar-refractivity contribution in [3.63, 3.8) is 0 Å². The Balaban J connectivity index is 1.37. The third-order valence-electron chi connectivity index (χ3n) is 7.70. The van der Waals surface area contributed by atoms with E-state index in [2.05, 4.69) is 29.7 Å². The highest BCUT2D eigenvalue weighted by molar-refractivity contribution is 7.82. The van der Waals surface area contributed by atoms with Crippen molar-refractivity contribution in [3.8, 4) is 0 Å². The summed E-state index contributed by atoms with van der Waals surface area (Å²) in [6.45, 7) is 6.51. The average Bonchev–Trinajstić information content (AvgIpc) is 3.32. The van der Waals surface area contributed by atoms with E-state index in [0.717, 1.165) is 23.1 Å². The lowest BCUT2D eigenvalue weighted by Gasteiger charge is -2.32. The fourth-order valence-corrected chi connectivity index (χ4v) is 6.08. The van der Waals surface area contributed by atoms with Crippen LogP contribution in [0.4, 0.5) is 11.6 Å². The highest BCUT2D eigenvalue weighted by atomic mass is 35.5. The molecule has 5 heterocycles. The molecule has 12 nitrogen and oxygen atoms in total. The van der Waals surface area contributed by atoms with E-state index in [1.165, 1.54) is 11.9 Å². The van der Waals surface area contributed by atoms with E-state index in [9.17, 15) is 13.8 Å². The maximum Gasteiger partial charge on any atom is 0.283 e. The summed E-state index contributed by atoms with van der Waals surface area (Å²) < 4.78 is 23.0. The number of aromatic nitrogens is 5. The maximum absolute atomic E-state index is 13.7. The fraction of sp³-hybridized carbons (Fsp3) is 0.393. The lowest BCUT2D eigenvalue weighted by Crippen LogP contribution is -2.38. The molecule has 0 saturated carbocycles. The molecule has 0 bridgehead atoms. The van der Waals surface area contributed by atoms with Crippen LogP contribution in [0, 0.1) is 6.92 Å². The van der Waals surface area contributed by atoms with Gasteiger partial charge in [0.2, 0.25) is 5.95 Å². The highest BCUT2D eigenvalue weighted by Crippen LogP contribution is 2.31. The highest BCUT2D eigenvalue weighted by Gasteiger charge is 2.30. The molecular formula is C28H31ClN8O4S. The number of carbonyl (C=O) groups excluding carboxylic acids is 1. The van der Waals surface area contributed by atoms with Crippen molar-refractivity contribution in [3.05, 3.63) is 74.0 Å². The molecule has 0 radical (unpaired) electrons. The number of nitrogens with one attached hydrogen (secondary N) is 2. The number of pyridine rings is 1. The number of ether oxygens (including phenoxy) is 1. The third kappa shape index (κ3) is 5.16. The summed E-state index contributed by atoms with van der Waals surface area (Å²) in [5.41, 5.74) is 4.89. The Labute approximate surface area is 249 Å². The number of rotatable bonds is 7. The lowest BCUT2D eigenvalue weighted by atomic mass is 10.0. The van der Waals surface area contributed by atoms with Crippen molar-refractivity contribution in [2.75, 3.05) is 36.2 Å². The van der Waals surface area contributed by atoms with E-state index in [0.29, 0.717) is 48.8 Å². The number of halogens is 1. The Morgan fingerprint density at radius 3 is 2.74 bits per heavy atom. The normalized spacial score (nSPS) is 16.5. The van der Waals surface area contributed by atoms with Crippen LogP contribution in [0.1, 0.15) is 51.9 Å². The van der Waals surface area contributed by atoms with E-state index >= 15 is 0 Å². The summed E-state index contributed by atoms with van der Waals surface area (Å²) in [4.78, 5) is 37.7. The maximum atomic E-state index is 13.7. The van der Waals surface area contributed by atoms with Gasteiger partial charge in [-0.3, -0.25) is 23.6 Å². The molecule has 4 aromatic rings. The zero-order chi connectivity index (χ0) is 29.7. The molecule has 1 fully saturated rings. The molecule has 2 aliphatic rings. The van der Waals surface area contributed by atoms with E-state index in [1.54, 1.807) is 23.7 Å². The Hall–Kier alpha value is -3.81. The molecule has 2 atom stereocenters. The summed E-state index contributed by atoms with van der Waals surface area (Å²) in [6.07, 6.45) is 4.05. The van der Waals surface area contributed by atoms with E-state index in [1.807, 2.05) is 32.2 Å². The molecular weight excluding hydrogens is 580 g/mol. The van der Waals surface area contributed by atoms with Gasteiger partial charge in [-0.2, -0.15) is 5.10 Å². The number of hydrogen-bond acceptors (Lipinski definition) is 9. The molecule has 1 saturated heterocycles. The SMILES string of the molecule is Cc1cc(C(C)Nc2ccc(Cl)nc2C(=O)NS(C)=O)c2nc(N3CCc4c(cnn4C4COC4)C3)n(C)c(=O)c2c1. The van der Waals surface area contributed by atoms with Gasteiger partial charge in [0.05, 0.1) is 48.1 Å². The Bertz CT molecular complexity index is 1800.